The number of aromatic hydroxyl groups is 1. The Balaban J connectivity index is 1.92. The van der Waals surface area contributed by atoms with Crippen LogP contribution in [0.15, 0.2) is 75.4 Å². The van der Waals surface area contributed by atoms with Crippen LogP contribution in [0.2, 0.25) is 0 Å². The third-order valence-corrected chi connectivity index (χ3v) is 5.71. The fraction of sp³-hybridized carbons (Fsp3) is 0.0909. The van der Waals surface area contributed by atoms with Gasteiger partial charge in [-0.2, -0.15) is 0 Å². The second-order valence-corrected chi connectivity index (χ2v) is 7.47. The first-order chi connectivity index (χ1) is 14.0. The monoisotopic (exact) mass is 408 g/mol. The molecule has 1 N–H and O–H groups in total. The maximum Gasteiger partial charge on any atom is 0.277 e. The summed E-state index contributed by atoms with van der Waals surface area (Å²) >= 11 is 1.50. The molecule has 3 aromatic carbocycles. The number of hydrogen-bond donors (Lipinski definition) is 1. The van der Waals surface area contributed by atoms with Gasteiger partial charge < -0.3 is 5.11 Å². The van der Waals surface area contributed by atoms with Gasteiger partial charge in [-0.3, -0.25) is 9.63 Å². The molecule has 1 aliphatic heterocycles. The Morgan fingerprint density at radius 3 is 2.62 bits per heavy atom. The van der Waals surface area contributed by atoms with Crippen molar-refractivity contribution in [3.63, 3.8) is 0 Å². The van der Waals surface area contributed by atoms with Gasteiger partial charge in [0.2, 0.25) is 0 Å². The Kier molecular flexibility index (Phi) is 5.08. The van der Waals surface area contributed by atoms with Crippen LogP contribution in [0, 0.1) is 5.82 Å². The summed E-state index contributed by atoms with van der Waals surface area (Å²) in [6.07, 6.45) is 0. The molecular weight excluding hydrogens is 391 g/mol. The fourth-order valence-electron chi connectivity index (χ4n) is 3.04. The second-order valence-electron chi connectivity index (χ2n) is 6.39. The lowest BCUT2D eigenvalue weighted by Crippen LogP contribution is -2.25. The van der Waals surface area contributed by atoms with E-state index in [2.05, 4.69) is 0 Å². The Morgan fingerprint density at radius 2 is 1.86 bits per heavy atom. The third kappa shape index (κ3) is 3.62. The number of rotatable bonds is 3. The molecule has 0 fully saturated rings. The first kappa shape index (κ1) is 19.2. The van der Waals surface area contributed by atoms with E-state index in [-0.39, 0.29) is 17.2 Å². The molecule has 0 atom stereocenters. The third-order valence-electron chi connectivity index (χ3n) is 4.57. The van der Waals surface area contributed by atoms with Crippen molar-refractivity contribution in [3.05, 3.63) is 83.2 Å². The van der Waals surface area contributed by atoms with E-state index in [1.165, 1.54) is 38.1 Å². The van der Waals surface area contributed by atoms with E-state index in [1.807, 2.05) is 30.3 Å². The van der Waals surface area contributed by atoms with E-state index < -0.39 is 5.82 Å². The zero-order valence-electron chi connectivity index (χ0n) is 15.7. The van der Waals surface area contributed by atoms with Crippen molar-refractivity contribution in [1.29, 1.82) is 0 Å². The molecule has 1 heterocycles. The Hall–Kier alpha value is -3.16. The molecule has 1 amide bonds. The highest BCUT2D eigenvalue weighted by Crippen LogP contribution is 2.42. The van der Waals surface area contributed by atoms with Gasteiger partial charge in [0.1, 0.15) is 11.6 Å². The minimum atomic E-state index is -0.571. The zero-order chi connectivity index (χ0) is 20.5. The van der Waals surface area contributed by atoms with E-state index in [9.17, 15) is 14.3 Å². The standard InChI is InChI=1S/C22H17FN2O3S/c1-25(28-2)22(27)13-7-10-20-18(11-13)24-21(15-9-8-14(26)12-17(15)23)16-5-3-4-6-19(16)29-20/h3-12,26H,1-2H3. The van der Waals surface area contributed by atoms with E-state index in [1.54, 1.807) is 12.1 Å². The minimum absolute atomic E-state index is 0.154. The number of fused-ring (bicyclic) bond motifs is 2. The van der Waals surface area contributed by atoms with Crippen molar-refractivity contribution in [3.8, 4) is 5.75 Å². The Bertz CT molecular complexity index is 1150. The van der Waals surface area contributed by atoms with Crippen molar-refractivity contribution in [2.75, 3.05) is 14.2 Å². The molecule has 1 aliphatic rings. The van der Waals surface area contributed by atoms with Crippen LogP contribution < -0.4 is 0 Å². The second kappa shape index (κ2) is 7.69. The summed E-state index contributed by atoms with van der Waals surface area (Å²) in [4.78, 5) is 23.9. The molecule has 0 aromatic heterocycles. The largest absolute Gasteiger partial charge is 0.508 e. The first-order valence-electron chi connectivity index (χ1n) is 8.79. The molecule has 0 saturated carbocycles. The van der Waals surface area contributed by atoms with E-state index in [0.29, 0.717) is 17.0 Å². The van der Waals surface area contributed by atoms with Gasteiger partial charge in [-0.25, -0.2) is 14.4 Å². The highest BCUT2D eigenvalue weighted by atomic mass is 32.2. The van der Waals surface area contributed by atoms with Gasteiger partial charge in [0, 0.05) is 39.6 Å². The van der Waals surface area contributed by atoms with Gasteiger partial charge >= 0.3 is 0 Å². The smallest absolute Gasteiger partial charge is 0.277 e. The molecule has 0 aliphatic carbocycles. The summed E-state index contributed by atoms with van der Waals surface area (Å²) in [6.45, 7) is 0. The zero-order valence-corrected chi connectivity index (χ0v) is 16.5. The van der Waals surface area contributed by atoms with Gasteiger partial charge in [-0.15, -0.1) is 0 Å². The molecular formula is C22H17FN2O3S. The van der Waals surface area contributed by atoms with Crippen molar-refractivity contribution < 1.29 is 19.1 Å². The van der Waals surface area contributed by atoms with Crippen molar-refractivity contribution in [1.82, 2.24) is 5.06 Å². The lowest BCUT2D eigenvalue weighted by molar-refractivity contribution is -0.0756. The maximum absolute atomic E-state index is 14.7. The average molecular weight is 408 g/mol. The average Bonchev–Trinajstić information content (AvgIpc) is 2.88. The molecule has 0 bridgehead atoms. The van der Waals surface area contributed by atoms with Crippen LogP contribution in [0.3, 0.4) is 0 Å². The number of nitrogens with zero attached hydrogens (tertiary/aromatic N) is 2. The first-order valence-corrected chi connectivity index (χ1v) is 9.60. The molecule has 0 saturated heterocycles. The Labute approximate surface area is 171 Å². The van der Waals surface area contributed by atoms with Crippen molar-refractivity contribution in [2.24, 2.45) is 4.99 Å². The van der Waals surface area contributed by atoms with Gasteiger partial charge in [0.15, 0.2) is 0 Å². The molecule has 3 aromatic rings. The molecule has 0 radical (unpaired) electrons. The maximum atomic E-state index is 14.7. The van der Waals surface area contributed by atoms with Crippen molar-refractivity contribution in [2.45, 2.75) is 9.79 Å². The van der Waals surface area contributed by atoms with Gasteiger partial charge in [-0.05, 0) is 36.4 Å². The highest BCUT2D eigenvalue weighted by molar-refractivity contribution is 7.99. The van der Waals surface area contributed by atoms with Crippen LogP contribution in [0.4, 0.5) is 10.1 Å². The summed E-state index contributed by atoms with van der Waals surface area (Å²) < 4.78 is 14.7. The SMILES string of the molecule is CON(C)C(=O)c1ccc2c(c1)N=C(c1ccc(O)cc1F)c1ccccc1S2. The molecule has 146 valence electrons. The van der Waals surface area contributed by atoms with Crippen LogP contribution >= 0.6 is 11.8 Å². The number of aliphatic imine (C=N–C) groups is 1. The van der Waals surface area contributed by atoms with Crippen LogP contribution in [-0.2, 0) is 4.84 Å². The molecule has 7 heteroatoms. The lowest BCUT2D eigenvalue weighted by Gasteiger charge is -2.14. The summed E-state index contributed by atoms with van der Waals surface area (Å²) in [5, 5.41) is 10.7. The number of benzene rings is 3. The number of amides is 1. The number of hydrogen-bond acceptors (Lipinski definition) is 5. The van der Waals surface area contributed by atoms with Crippen LogP contribution in [0.25, 0.3) is 0 Å². The minimum Gasteiger partial charge on any atom is -0.508 e. The number of halogens is 1. The molecule has 0 unspecified atom stereocenters. The van der Waals surface area contributed by atoms with E-state index in [4.69, 9.17) is 9.83 Å². The van der Waals surface area contributed by atoms with Crippen LogP contribution in [-0.4, -0.2) is 35.9 Å². The topological polar surface area (TPSA) is 62.1 Å². The number of carbonyl (C=O) groups is 1. The van der Waals surface area contributed by atoms with E-state index >= 15 is 0 Å². The Morgan fingerprint density at radius 1 is 1.07 bits per heavy atom. The van der Waals surface area contributed by atoms with E-state index in [0.717, 1.165) is 26.5 Å². The van der Waals surface area contributed by atoms with Gasteiger partial charge in [-0.1, -0.05) is 30.0 Å². The number of hydroxylamine groups is 2. The predicted octanol–water partition coefficient (Wildman–Crippen LogP) is 4.80. The molecule has 4 rings (SSSR count). The summed E-state index contributed by atoms with van der Waals surface area (Å²) in [5.74, 6) is -1.04. The number of carbonyl (C=O) groups excluding carboxylic acids is 1. The quantitative estimate of drug-likeness (QED) is 0.495. The van der Waals surface area contributed by atoms with Gasteiger partial charge in [0.05, 0.1) is 18.5 Å². The summed E-state index contributed by atoms with van der Waals surface area (Å²) in [7, 11) is 2.94. The fourth-order valence-corrected chi connectivity index (χ4v) is 4.04. The predicted molar refractivity (Wildman–Crippen MR) is 109 cm³/mol. The number of phenols is 1. The van der Waals surface area contributed by atoms with Gasteiger partial charge in [0.25, 0.3) is 5.91 Å². The number of phenolic OH excluding ortho intramolecular Hbond substituents is 1. The molecule has 0 spiro atoms. The molecule has 5 nitrogen and oxygen atoms in total. The highest BCUT2D eigenvalue weighted by Gasteiger charge is 2.22. The molecule has 29 heavy (non-hydrogen) atoms. The van der Waals surface area contributed by atoms with Crippen LogP contribution in [0.5, 0.6) is 5.75 Å². The van der Waals surface area contributed by atoms with Crippen LogP contribution in [0.1, 0.15) is 21.5 Å². The lowest BCUT2D eigenvalue weighted by atomic mass is 10.0. The summed E-state index contributed by atoms with van der Waals surface area (Å²) in [6, 6.07) is 16.8. The van der Waals surface area contributed by atoms with Crippen molar-refractivity contribution >= 4 is 29.1 Å². The normalized spacial score (nSPS) is 12.4. The summed E-state index contributed by atoms with van der Waals surface area (Å²) in [5.41, 5.74) is 2.46.